The fraction of sp³-hybridized carbons (Fsp3) is 0.400. The summed E-state index contributed by atoms with van der Waals surface area (Å²) in [6, 6.07) is 0. The average molecular weight is 195 g/mol. The number of Topliss-reactive ketones (excluding diaryl/α,β-unsaturated/α-hetero) is 1. The zero-order valence-electron chi connectivity index (χ0n) is 5.08. The molecule has 0 aromatic carbocycles. The summed E-state index contributed by atoms with van der Waals surface area (Å²) in [5.41, 5.74) is 0. The first-order chi connectivity index (χ1) is 5.13. The van der Waals surface area contributed by atoms with Crippen LogP contribution in [-0.2, 0) is 14.3 Å². The molecule has 1 amide bonds. The number of halogens is 2. The quantitative estimate of drug-likeness (QED) is 0.359. The largest absolute Gasteiger partial charge is 0.570 e. The van der Waals surface area contributed by atoms with Crippen molar-refractivity contribution in [3.8, 4) is 0 Å². The van der Waals surface area contributed by atoms with Gasteiger partial charge in [0.15, 0.2) is 10.6 Å². The molecule has 0 saturated heterocycles. The minimum atomic E-state index is -1.30. The molecule has 0 aromatic rings. The van der Waals surface area contributed by atoms with Gasteiger partial charge in [0, 0.05) is 6.40 Å². The molecule has 0 bridgehead atoms. The highest BCUT2D eigenvalue weighted by Gasteiger charge is 2.26. The number of carbonyl (C=O) groups is 2. The lowest BCUT2D eigenvalue weighted by Crippen LogP contribution is -2.31. The van der Waals surface area contributed by atoms with E-state index in [1.165, 1.54) is 0 Å². The average Bonchev–Trinajstić information content (AvgIpc) is 2.33. The number of amides is 1. The van der Waals surface area contributed by atoms with Crippen molar-refractivity contribution in [2.24, 2.45) is 4.99 Å². The second kappa shape index (κ2) is 3.19. The van der Waals surface area contributed by atoms with E-state index in [2.05, 4.69) is 9.73 Å². The molecule has 0 radical (unpaired) electrons. The van der Waals surface area contributed by atoms with Crippen LogP contribution in [0.15, 0.2) is 4.99 Å². The molecule has 1 unspecified atom stereocenters. The molecule has 0 fully saturated rings. The molecule has 1 atom stereocenters. The molecule has 0 N–H and O–H groups in total. The molecule has 0 spiro atoms. The van der Waals surface area contributed by atoms with Crippen LogP contribution in [0.1, 0.15) is 0 Å². The van der Waals surface area contributed by atoms with Gasteiger partial charge in [-0.3, -0.25) is 4.79 Å². The monoisotopic (exact) mass is 194 g/mol. The van der Waals surface area contributed by atoms with Gasteiger partial charge in [-0.2, -0.15) is 0 Å². The number of nitrogens with zero attached hydrogens (tertiary/aromatic N) is 1. The molecular formula is C5H2Cl2NO3-. The van der Waals surface area contributed by atoms with E-state index in [-0.39, 0.29) is 0 Å². The van der Waals surface area contributed by atoms with Crippen LogP contribution in [-0.4, -0.2) is 29.0 Å². The van der Waals surface area contributed by atoms with Gasteiger partial charge < -0.3 is 14.5 Å². The van der Waals surface area contributed by atoms with Crippen molar-refractivity contribution >= 4 is 41.3 Å². The van der Waals surface area contributed by atoms with Crippen LogP contribution in [0, 0.1) is 0 Å². The van der Waals surface area contributed by atoms with Crippen molar-refractivity contribution in [3.63, 3.8) is 0 Å². The number of carbonyl (C=O) groups excluding carboxylic acids is 2. The summed E-state index contributed by atoms with van der Waals surface area (Å²) in [4.78, 5) is 23.3. The number of alkyl halides is 2. The van der Waals surface area contributed by atoms with Gasteiger partial charge in [-0.25, -0.2) is 0 Å². The van der Waals surface area contributed by atoms with Crippen molar-refractivity contribution in [1.82, 2.24) is 0 Å². The maximum atomic E-state index is 10.8. The normalized spacial score (nSPS) is 22.5. The number of rotatable bonds is 2. The van der Waals surface area contributed by atoms with Gasteiger partial charge >= 0.3 is 0 Å². The fourth-order valence-electron chi connectivity index (χ4n) is 0.527. The molecule has 4 nitrogen and oxygen atoms in total. The smallest absolute Gasteiger partial charge is 0.195 e. The summed E-state index contributed by atoms with van der Waals surface area (Å²) < 4.78 is 4.40. The molecule has 0 aliphatic carbocycles. The van der Waals surface area contributed by atoms with Crippen LogP contribution in [0.4, 0.5) is 0 Å². The van der Waals surface area contributed by atoms with Crippen LogP contribution < -0.4 is 0 Å². The van der Waals surface area contributed by atoms with Crippen LogP contribution in [0.3, 0.4) is 0 Å². The molecule has 1 aliphatic heterocycles. The lowest BCUT2D eigenvalue weighted by atomic mass is 10.2. The highest BCUT2D eigenvalue weighted by atomic mass is 35.5. The van der Waals surface area contributed by atoms with Gasteiger partial charge in [0.05, 0.1) is 0 Å². The van der Waals surface area contributed by atoms with Gasteiger partial charge in [-0.1, -0.05) is 23.2 Å². The van der Waals surface area contributed by atoms with Gasteiger partial charge in [0.25, 0.3) is 0 Å². The molecule has 1 aliphatic rings. The van der Waals surface area contributed by atoms with E-state index in [9.17, 15) is 9.59 Å². The Bertz CT molecular complexity index is 226. The second-order valence-corrected chi connectivity index (χ2v) is 2.84. The maximum absolute atomic E-state index is 10.8. The zero-order valence-corrected chi connectivity index (χ0v) is 6.59. The Balaban J connectivity index is 2.63. The predicted molar refractivity (Wildman–Crippen MR) is 37.8 cm³/mol. The van der Waals surface area contributed by atoms with Crippen LogP contribution in [0.2, 0.25) is 0 Å². The summed E-state index contributed by atoms with van der Waals surface area (Å²) >= 11 is 10.4. The molecule has 6 heteroatoms. The number of ketones is 1. The van der Waals surface area contributed by atoms with E-state index in [1.807, 2.05) is 6.40 Å². The maximum Gasteiger partial charge on any atom is 0.195 e. The third kappa shape index (κ3) is 1.70. The molecule has 11 heavy (non-hydrogen) atoms. The molecule has 1 rings (SSSR count). The van der Waals surface area contributed by atoms with E-state index < -0.39 is 22.6 Å². The first-order valence-electron chi connectivity index (χ1n) is 2.60. The first kappa shape index (κ1) is 8.49. The Morgan fingerprint density at radius 3 is 2.73 bits per heavy atom. The molecule has 1 heterocycles. The number of ether oxygens (including phenoxy) is 1. The Morgan fingerprint density at radius 1 is 1.73 bits per heavy atom. The highest BCUT2D eigenvalue weighted by Crippen LogP contribution is 2.11. The molecular weight excluding hydrogens is 193 g/mol. The molecule has 0 aromatic heterocycles. The van der Waals surface area contributed by atoms with E-state index in [4.69, 9.17) is 23.2 Å². The molecule has 0 saturated carbocycles. The summed E-state index contributed by atoms with van der Waals surface area (Å²) in [6.45, 7) is 0. The van der Waals surface area contributed by atoms with Crippen molar-refractivity contribution in [1.29, 1.82) is 0 Å². The van der Waals surface area contributed by atoms with Gasteiger partial charge in [0.1, 0.15) is 12.0 Å². The number of aliphatic imine (C=N–C) groups is 1. The Morgan fingerprint density at radius 2 is 2.36 bits per heavy atom. The number of hydrogen-bond acceptors (Lipinski definition) is 3. The van der Waals surface area contributed by atoms with Crippen molar-refractivity contribution in [2.45, 2.75) is 10.9 Å². The summed E-state index contributed by atoms with van der Waals surface area (Å²) in [7, 11) is 0. The van der Waals surface area contributed by atoms with Gasteiger partial charge in [0.2, 0.25) is 0 Å². The molecule has 60 valence electrons. The number of hydrogen-bond donors (Lipinski definition) is 0. The summed E-state index contributed by atoms with van der Waals surface area (Å²) in [5, 5.41) is 0. The predicted octanol–water partition coefficient (Wildman–Crippen LogP) is 0.190. The van der Waals surface area contributed by atoms with E-state index in [1.54, 1.807) is 0 Å². The third-order valence-electron chi connectivity index (χ3n) is 1.02. The minimum absolute atomic E-state index is 0.716. The second-order valence-electron chi connectivity index (χ2n) is 1.74. The first-order valence-corrected chi connectivity index (χ1v) is 3.47. The topological polar surface area (TPSA) is 55.7 Å². The lowest BCUT2D eigenvalue weighted by Gasteiger charge is -2.12. The van der Waals surface area contributed by atoms with E-state index in [0.29, 0.717) is 0 Å². The van der Waals surface area contributed by atoms with Crippen molar-refractivity contribution in [2.75, 3.05) is 0 Å². The Kier molecular flexibility index (Phi) is 2.46. The fourth-order valence-corrected chi connectivity index (χ4v) is 0.756. The standard InChI is InChI=1S/C5H2Cl2NO3/c6-4(7)2(9)3-5(10)8-1-11-3/h3-4H/q-1. The Labute approximate surface area is 72.1 Å². The van der Waals surface area contributed by atoms with E-state index >= 15 is 0 Å². The van der Waals surface area contributed by atoms with Crippen LogP contribution >= 0.6 is 23.2 Å². The summed E-state index contributed by atoms with van der Waals surface area (Å²) in [6.07, 6.45) is 0.599. The lowest BCUT2D eigenvalue weighted by molar-refractivity contribution is -0.133. The van der Waals surface area contributed by atoms with Crippen LogP contribution in [0.5, 0.6) is 0 Å². The van der Waals surface area contributed by atoms with Crippen molar-refractivity contribution in [3.05, 3.63) is 0 Å². The SMILES string of the molecule is O=C1N=[C-]OC1C(=O)C(Cl)Cl. The minimum Gasteiger partial charge on any atom is -0.570 e. The van der Waals surface area contributed by atoms with Crippen LogP contribution in [0.25, 0.3) is 0 Å². The van der Waals surface area contributed by atoms with Gasteiger partial charge in [-0.15, -0.1) is 0 Å². The highest BCUT2D eigenvalue weighted by molar-refractivity contribution is 6.55. The zero-order chi connectivity index (χ0) is 8.43. The van der Waals surface area contributed by atoms with E-state index in [0.717, 1.165) is 0 Å². The Hall–Kier alpha value is -0.610. The van der Waals surface area contributed by atoms with Crippen molar-refractivity contribution < 1.29 is 14.3 Å². The third-order valence-corrected chi connectivity index (χ3v) is 1.45. The summed E-state index contributed by atoms with van der Waals surface area (Å²) in [5.74, 6) is -1.44. The van der Waals surface area contributed by atoms with Gasteiger partial charge in [-0.05, 0) is 0 Å².